The Morgan fingerprint density at radius 1 is 1.30 bits per heavy atom. The highest BCUT2D eigenvalue weighted by Crippen LogP contribution is 2.23. The minimum Gasteiger partial charge on any atom is -0.466 e. The molecule has 2 N–H and O–H groups in total. The average molecular weight is 375 g/mol. The van der Waals surface area contributed by atoms with Crippen molar-refractivity contribution in [1.82, 2.24) is 9.80 Å². The molecule has 0 unspecified atom stereocenters. The molecular weight excluding hydrogens is 350 g/mol. The van der Waals surface area contributed by atoms with E-state index in [4.69, 9.17) is 9.84 Å². The van der Waals surface area contributed by atoms with E-state index in [-0.39, 0.29) is 36.9 Å². The monoisotopic (exact) mass is 375 g/mol. The Morgan fingerprint density at radius 2 is 2.00 bits per heavy atom. The number of nitrogens with zero attached hydrogens (tertiary/aromatic N) is 2. The van der Waals surface area contributed by atoms with Crippen LogP contribution < -0.4 is 5.32 Å². The summed E-state index contributed by atoms with van der Waals surface area (Å²) < 4.78 is 4.76. The predicted octanol–water partition coefficient (Wildman–Crippen LogP) is 0.842. The second kappa shape index (κ2) is 9.18. The number of carbonyl (C=O) groups is 3. The van der Waals surface area contributed by atoms with E-state index in [9.17, 15) is 14.4 Å². The van der Waals surface area contributed by atoms with E-state index in [1.54, 1.807) is 29.2 Å². The van der Waals surface area contributed by atoms with Crippen molar-refractivity contribution in [3.8, 4) is 0 Å². The van der Waals surface area contributed by atoms with Crippen LogP contribution in [0.2, 0.25) is 0 Å². The smallest absolute Gasteiger partial charge is 0.337 e. The average Bonchev–Trinajstić information content (AvgIpc) is 2.98. The second-order valence-electron chi connectivity index (χ2n) is 5.98. The number of aliphatic hydroxyl groups excluding tert-OH is 1. The molecule has 146 valence electrons. The highest BCUT2D eigenvalue weighted by Gasteiger charge is 2.34. The number of esters is 1. The molecule has 8 nitrogen and oxygen atoms in total. The third-order valence-corrected chi connectivity index (χ3v) is 4.38. The third-order valence-electron chi connectivity index (χ3n) is 4.38. The van der Waals surface area contributed by atoms with Crippen molar-refractivity contribution in [2.75, 3.05) is 45.2 Å². The molecular formula is C19H25N3O5. The van der Waals surface area contributed by atoms with Gasteiger partial charge in [-0.3, -0.25) is 9.59 Å². The zero-order valence-corrected chi connectivity index (χ0v) is 15.8. The fraction of sp³-hybridized carbons (Fsp3) is 0.421. The van der Waals surface area contributed by atoms with Crippen LogP contribution in [0.4, 0.5) is 5.69 Å². The van der Waals surface area contributed by atoms with Crippen molar-refractivity contribution < 1.29 is 24.2 Å². The first-order chi connectivity index (χ1) is 13.0. The molecule has 2 amide bonds. The van der Waals surface area contributed by atoms with E-state index in [2.05, 4.69) is 5.32 Å². The van der Waals surface area contributed by atoms with Crippen LogP contribution in [-0.4, -0.2) is 72.6 Å². The van der Waals surface area contributed by atoms with E-state index in [1.165, 1.54) is 12.0 Å². The van der Waals surface area contributed by atoms with Gasteiger partial charge in [-0.25, -0.2) is 4.79 Å². The summed E-state index contributed by atoms with van der Waals surface area (Å²) in [4.78, 5) is 40.2. The summed E-state index contributed by atoms with van der Waals surface area (Å²) in [5.41, 5.74) is 1.30. The van der Waals surface area contributed by atoms with Gasteiger partial charge in [0.2, 0.25) is 0 Å². The summed E-state index contributed by atoms with van der Waals surface area (Å²) in [5.74, 6) is -1.11. The van der Waals surface area contributed by atoms with Gasteiger partial charge in [0.15, 0.2) is 0 Å². The molecule has 0 saturated heterocycles. The van der Waals surface area contributed by atoms with Gasteiger partial charge in [-0.2, -0.15) is 0 Å². The van der Waals surface area contributed by atoms with E-state index >= 15 is 0 Å². The summed E-state index contributed by atoms with van der Waals surface area (Å²) >= 11 is 0. The number of aliphatic hydroxyl groups is 1. The van der Waals surface area contributed by atoms with E-state index in [0.29, 0.717) is 24.3 Å². The van der Waals surface area contributed by atoms with Crippen molar-refractivity contribution >= 4 is 23.5 Å². The standard InChI is InChI=1S/C19H25N3O5/c1-4-21(5-2)17(24)13-7-6-8-14(11-13)20-16-15(19(26)27-3)12-22(9-10-23)18(16)25/h6-8,11,20,23H,4-5,9-10,12H2,1-3H3. The molecule has 0 aromatic heterocycles. The predicted molar refractivity (Wildman–Crippen MR) is 100 cm³/mol. The molecule has 0 bridgehead atoms. The number of methoxy groups -OCH3 is 1. The van der Waals surface area contributed by atoms with Crippen LogP contribution in [-0.2, 0) is 14.3 Å². The zero-order chi connectivity index (χ0) is 20.0. The number of nitrogens with one attached hydrogen (secondary N) is 1. The number of rotatable bonds is 8. The number of benzene rings is 1. The Bertz CT molecular complexity index is 755. The molecule has 1 aromatic rings. The maximum absolute atomic E-state index is 12.6. The number of hydrogen-bond acceptors (Lipinski definition) is 6. The number of anilines is 1. The Labute approximate surface area is 158 Å². The molecule has 0 spiro atoms. The Kier molecular flexibility index (Phi) is 6.95. The van der Waals surface area contributed by atoms with Crippen LogP contribution in [0.5, 0.6) is 0 Å². The molecule has 27 heavy (non-hydrogen) atoms. The van der Waals surface area contributed by atoms with Gasteiger partial charge in [0, 0.05) is 30.9 Å². The van der Waals surface area contributed by atoms with Gasteiger partial charge in [-0.1, -0.05) is 6.07 Å². The molecule has 1 aliphatic heterocycles. The Morgan fingerprint density at radius 3 is 2.59 bits per heavy atom. The third kappa shape index (κ3) is 4.46. The molecule has 0 fully saturated rings. The fourth-order valence-corrected chi connectivity index (χ4v) is 2.92. The highest BCUT2D eigenvalue weighted by atomic mass is 16.5. The molecule has 8 heteroatoms. The normalized spacial score (nSPS) is 13.8. The molecule has 0 saturated carbocycles. The fourth-order valence-electron chi connectivity index (χ4n) is 2.92. The Balaban J connectivity index is 2.31. The zero-order valence-electron chi connectivity index (χ0n) is 15.8. The summed E-state index contributed by atoms with van der Waals surface area (Å²) in [6.45, 7) is 4.98. The van der Waals surface area contributed by atoms with E-state index in [0.717, 1.165) is 0 Å². The molecule has 2 rings (SSSR count). The minimum absolute atomic E-state index is 0.0620. The largest absolute Gasteiger partial charge is 0.466 e. The summed E-state index contributed by atoms with van der Waals surface area (Å²) in [5, 5.41) is 12.1. The van der Waals surface area contributed by atoms with Crippen LogP contribution in [0.25, 0.3) is 0 Å². The highest BCUT2D eigenvalue weighted by molar-refractivity contribution is 6.08. The summed E-state index contributed by atoms with van der Waals surface area (Å²) in [6.07, 6.45) is 0. The van der Waals surface area contributed by atoms with Crippen molar-refractivity contribution in [3.05, 3.63) is 41.1 Å². The maximum atomic E-state index is 12.6. The molecule has 1 aromatic carbocycles. The number of carbonyl (C=O) groups excluding carboxylic acids is 3. The second-order valence-corrected chi connectivity index (χ2v) is 5.98. The van der Waals surface area contributed by atoms with Gasteiger partial charge in [0.05, 0.1) is 25.8 Å². The van der Waals surface area contributed by atoms with Crippen molar-refractivity contribution in [1.29, 1.82) is 0 Å². The first kappa shape index (κ1) is 20.4. The van der Waals surface area contributed by atoms with Gasteiger partial charge in [0.1, 0.15) is 5.70 Å². The molecule has 1 heterocycles. The van der Waals surface area contributed by atoms with Crippen LogP contribution in [0.15, 0.2) is 35.5 Å². The lowest BCUT2D eigenvalue weighted by Crippen LogP contribution is -2.31. The van der Waals surface area contributed by atoms with Crippen molar-refractivity contribution in [2.45, 2.75) is 13.8 Å². The number of β-amino-alcohol motifs (C(OH)–C–C–N with tert-alkyl or cyclic N) is 1. The summed E-state index contributed by atoms with van der Waals surface area (Å²) in [6, 6.07) is 6.77. The lowest BCUT2D eigenvalue weighted by Gasteiger charge is -2.19. The van der Waals surface area contributed by atoms with Gasteiger partial charge in [-0.15, -0.1) is 0 Å². The van der Waals surface area contributed by atoms with E-state index in [1.807, 2.05) is 13.8 Å². The molecule has 0 radical (unpaired) electrons. The number of ether oxygens (including phenoxy) is 1. The number of hydrogen-bond donors (Lipinski definition) is 2. The topological polar surface area (TPSA) is 99.2 Å². The lowest BCUT2D eigenvalue weighted by atomic mass is 10.1. The molecule has 1 aliphatic rings. The number of amides is 2. The maximum Gasteiger partial charge on any atom is 0.337 e. The first-order valence-electron chi connectivity index (χ1n) is 8.84. The molecule has 0 aliphatic carbocycles. The van der Waals surface area contributed by atoms with Gasteiger partial charge >= 0.3 is 5.97 Å². The van der Waals surface area contributed by atoms with Crippen LogP contribution in [0, 0.1) is 0 Å². The Hall–Kier alpha value is -2.87. The van der Waals surface area contributed by atoms with Crippen LogP contribution in [0.1, 0.15) is 24.2 Å². The van der Waals surface area contributed by atoms with Crippen molar-refractivity contribution in [2.24, 2.45) is 0 Å². The van der Waals surface area contributed by atoms with Crippen LogP contribution >= 0.6 is 0 Å². The van der Waals surface area contributed by atoms with Gasteiger partial charge in [-0.05, 0) is 32.0 Å². The first-order valence-corrected chi connectivity index (χ1v) is 8.84. The molecule has 0 atom stereocenters. The van der Waals surface area contributed by atoms with Crippen molar-refractivity contribution in [3.63, 3.8) is 0 Å². The van der Waals surface area contributed by atoms with E-state index < -0.39 is 11.9 Å². The minimum atomic E-state index is -0.610. The quantitative estimate of drug-likeness (QED) is 0.654. The summed E-state index contributed by atoms with van der Waals surface area (Å²) in [7, 11) is 1.25. The van der Waals surface area contributed by atoms with Gasteiger partial charge < -0.3 is 25.0 Å². The van der Waals surface area contributed by atoms with Gasteiger partial charge in [0.25, 0.3) is 11.8 Å². The lowest BCUT2D eigenvalue weighted by molar-refractivity contribution is -0.136. The van der Waals surface area contributed by atoms with Crippen LogP contribution in [0.3, 0.4) is 0 Å². The SMILES string of the molecule is CCN(CC)C(=O)c1cccc(NC2=C(C(=O)OC)CN(CCO)C2=O)c1.